The molecule has 1 fully saturated rings. The summed E-state index contributed by atoms with van der Waals surface area (Å²) < 4.78 is 1.76. The van der Waals surface area contributed by atoms with Gasteiger partial charge < -0.3 is 5.11 Å². The molecule has 7 heteroatoms. The Morgan fingerprint density at radius 2 is 1.82 bits per heavy atom. The fourth-order valence-electron chi connectivity index (χ4n) is 3.73. The highest BCUT2D eigenvalue weighted by Gasteiger charge is 2.20. The van der Waals surface area contributed by atoms with Gasteiger partial charge in [0.25, 0.3) is 5.56 Å². The number of aromatic carboxylic acids is 1. The van der Waals surface area contributed by atoms with E-state index < -0.39 is 5.97 Å². The summed E-state index contributed by atoms with van der Waals surface area (Å²) in [5.41, 5.74) is 2.12. The molecule has 4 rings (SSSR count). The monoisotopic (exact) mass is 397 g/mol. The van der Waals surface area contributed by atoms with Crippen LogP contribution in [0, 0.1) is 13.8 Å². The molecular formula is C21H23N3O3S. The number of aromatic nitrogens is 2. The molecule has 0 spiro atoms. The largest absolute Gasteiger partial charge is 0.478 e. The number of rotatable bonds is 5. The number of likely N-dealkylation sites (tertiary alicyclic amines) is 1. The van der Waals surface area contributed by atoms with Crippen molar-refractivity contribution < 1.29 is 9.90 Å². The first kappa shape index (κ1) is 18.8. The highest BCUT2D eigenvalue weighted by atomic mass is 32.1. The zero-order valence-electron chi connectivity index (χ0n) is 16.1. The molecule has 1 aliphatic rings. The molecule has 0 aliphatic carbocycles. The van der Waals surface area contributed by atoms with Crippen LogP contribution in [0.3, 0.4) is 0 Å². The predicted octanol–water partition coefficient (Wildman–Crippen LogP) is 3.42. The highest BCUT2D eigenvalue weighted by molar-refractivity contribution is 7.18. The zero-order chi connectivity index (χ0) is 19.8. The summed E-state index contributed by atoms with van der Waals surface area (Å²) in [5.74, 6) is -0.172. The van der Waals surface area contributed by atoms with Gasteiger partial charge in [-0.2, -0.15) is 0 Å². The van der Waals surface area contributed by atoms with Crippen LogP contribution < -0.4 is 5.56 Å². The number of hydrogen-bond donors (Lipinski definition) is 1. The topological polar surface area (TPSA) is 75.4 Å². The van der Waals surface area contributed by atoms with Crippen LogP contribution in [0.5, 0.6) is 0 Å². The van der Waals surface area contributed by atoms with E-state index in [1.165, 1.54) is 12.8 Å². The molecule has 6 nitrogen and oxygen atoms in total. The fourth-order valence-corrected chi connectivity index (χ4v) is 4.77. The summed E-state index contributed by atoms with van der Waals surface area (Å²) in [6, 6.07) is 6.69. The van der Waals surface area contributed by atoms with Crippen LogP contribution in [0.15, 0.2) is 29.1 Å². The Hall–Kier alpha value is -2.51. The highest BCUT2D eigenvalue weighted by Crippen LogP contribution is 2.27. The average Bonchev–Trinajstić information content (AvgIpc) is 3.27. The number of carboxylic acids is 1. The van der Waals surface area contributed by atoms with Crippen molar-refractivity contribution in [2.75, 3.05) is 13.1 Å². The van der Waals surface area contributed by atoms with E-state index in [2.05, 4.69) is 4.90 Å². The van der Waals surface area contributed by atoms with Gasteiger partial charge in [-0.3, -0.25) is 14.3 Å². The summed E-state index contributed by atoms with van der Waals surface area (Å²) in [4.78, 5) is 33.6. The van der Waals surface area contributed by atoms with E-state index in [0.717, 1.165) is 39.7 Å². The molecule has 2 aromatic heterocycles. The molecule has 0 radical (unpaired) electrons. The predicted molar refractivity (Wildman–Crippen MR) is 110 cm³/mol. The molecule has 28 heavy (non-hydrogen) atoms. The average molecular weight is 398 g/mol. The summed E-state index contributed by atoms with van der Waals surface area (Å²) >= 11 is 1.58. The van der Waals surface area contributed by atoms with Crippen molar-refractivity contribution in [2.24, 2.45) is 0 Å². The number of nitrogens with zero attached hydrogens (tertiary/aromatic N) is 3. The van der Waals surface area contributed by atoms with Gasteiger partial charge in [-0.1, -0.05) is 12.1 Å². The molecule has 1 aliphatic heterocycles. The molecular weight excluding hydrogens is 374 g/mol. The second kappa shape index (κ2) is 7.48. The van der Waals surface area contributed by atoms with Crippen LogP contribution in [-0.4, -0.2) is 38.6 Å². The Balaban J connectivity index is 1.79. The van der Waals surface area contributed by atoms with Gasteiger partial charge >= 0.3 is 5.97 Å². The van der Waals surface area contributed by atoms with Crippen LogP contribution in [-0.2, 0) is 13.1 Å². The van der Waals surface area contributed by atoms with E-state index in [1.54, 1.807) is 40.2 Å². The second-order valence-corrected chi connectivity index (χ2v) is 8.57. The first-order valence-electron chi connectivity index (χ1n) is 9.48. The lowest BCUT2D eigenvalue weighted by atomic mass is 10.1. The Bertz CT molecular complexity index is 1090. The first-order chi connectivity index (χ1) is 13.4. The third-order valence-corrected chi connectivity index (χ3v) is 6.57. The summed E-state index contributed by atoms with van der Waals surface area (Å²) in [6.07, 6.45) is 2.36. The van der Waals surface area contributed by atoms with Crippen LogP contribution >= 0.6 is 11.3 Å². The van der Waals surface area contributed by atoms with E-state index in [1.807, 2.05) is 13.8 Å². The van der Waals surface area contributed by atoms with Gasteiger partial charge in [-0.25, -0.2) is 9.78 Å². The van der Waals surface area contributed by atoms with Crippen LogP contribution in [0.4, 0.5) is 0 Å². The van der Waals surface area contributed by atoms with Gasteiger partial charge in [0, 0.05) is 4.88 Å². The lowest BCUT2D eigenvalue weighted by Crippen LogP contribution is -2.30. The minimum absolute atomic E-state index is 0.0108. The number of benzene rings is 1. The van der Waals surface area contributed by atoms with E-state index in [4.69, 9.17) is 10.1 Å². The number of fused-ring (bicyclic) bond motifs is 1. The minimum atomic E-state index is -0.953. The number of carboxylic acid groups (broad SMARTS) is 1. The maximum Gasteiger partial charge on any atom is 0.335 e. The molecule has 146 valence electrons. The zero-order valence-corrected chi connectivity index (χ0v) is 16.9. The number of hydrogen-bond acceptors (Lipinski definition) is 5. The molecule has 0 unspecified atom stereocenters. The lowest BCUT2D eigenvalue weighted by Gasteiger charge is -2.18. The second-order valence-electron chi connectivity index (χ2n) is 7.37. The molecule has 1 N–H and O–H groups in total. The van der Waals surface area contributed by atoms with Gasteiger partial charge in [0.05, 0.1) is 24.0 Å². The first-order valence-corrected chi connectivity index (χ1v) is 10.3. The van der Waals surface area contributed by atoms with Crippen molar-refractivity contribution in [3.63, 3.8) is 0 Å². The van der Waals surface area contributed by atoms with E-state index in [9.17, 15) is 9.59 Å². The summed E-state index contributed by atoms with van der Waals surface area (Å²) in [5, 5.41) is 9.80. The third kappa shape index (κ3) is 3.47. The van der Waals surface area contributed by atoms with Gasteiger partial charge in [0.2, 0.25) is 0 Å². The maximum absolute atomic E-state index is 13.4. The van der Waals surface area contributed by atoms with Gasteiger partial charge in [0.15, 0.2) is 0 Å². The van der Waals surface area contributed by atoms with Crippen molar-refractivity contribution in [3.05, 3.63) is 62.0 Å². The maximum atomic E-state index is 13.4. The Morgan fingerprint density at radius 3 is 2.46 bits per heavy atom. The normalized spacial score (nSPS) is 14.8. The Labute approximate surface area is 167 Å². The molecule has 0 bridgehead atoms. The van der Waals surface area contributed by atoms with Gasteiger partial charge in [0.1, 0.15) is 10.7 Å². The molecule has 1 saturated heterocycles. The van der Waals surface area contributed by atoms with Crippen LogP contribution in [0.1, 0.15) is 45.0 Å². The van der Waals surface area contributed by atoms with Crippen LogP contribution in [0.25, 0.3) is 10.2 Å². The Morgan fingerprint density at radius 1 is 1.14 bits per heavy atom. The molecule has 3 aromatic rings. The number of carbonyl (C=O) groups is 1. The van der Waals surface area contributed by atoms with Crippen molar-refractivity contribution in [3.8, 4) is 0 Å². The number of thiophene rings is 1. The van der Waals surface area contributed by atoms with Gasteiger partial charge in [-0.15, -0.1) is 11.3 Å². The van der Waals surface area contributed by atoms with Gasteiger partial charge in [-0.05, 0) is 63.0 Å². The number of aryl methyl sites for hydroxylation is 2. The smallest absolute Gasteiger partial charge is 0.335 e. The van der Waals surface area contributed by atoms with E-state index >= 15 is 0 Å². The molecule has 0 atom stereocenters. The van der Waals surface area contributed by atoms with Crippen molar-refractivity contribution in [1.29, 1.82) is 0 Å². The molecule has 0 amide bonds. The minimum Gasteiger partial charge on any atom is -0.478 e. The van der Waals surface area contributed by atoms with E-state index in [-0.39, 0.29) is 11.1 Å². The third-order valence-electron chi connectivity index (χ3n) is 5.47. The standard InChI is InChI=1S/C21H23N3O3S/c1-13-14(2)28-19-18(13)20(25)24(17(22-19)12-23-9-3-4-10-23)11-15-5-7-16(8-6-15)21(26)27/h5-8H,3-4,9-12H2,1-2H3,(H,26,27). The van der Waals surface area contributed by atoms with Crippen molar-refractivity contribution >= 4 is 27.5 Å². The molecule has 0 saturated carbocycles. The summed E-state index contributed by atoms with van der Waals surface area (Å²) in [7, 11) is 0. The molecule has 1 aromatic carbocycles. The SMILES string of the molecule is Cc1sc2nc(CN3CCCC3)n(Cc3ccc(C(=O)O)cc3)c(=O)c2c1C. The lowest BCUT2D eigenvalue weighted by molar-refractivity contribution is 0.0697. The summed E-state index contributed by atoms with van der Waals surface area (Å²) in [6.45, 7) is 7.11. The fraction of sp³-hybridized carbons (Fsp3) is 0.381. The van der Waals surface area contributed by atoms with E-state index in [0.29, 0.717) is 18.5 Å². The van der Waals surface area contributed by atoms with Crippen LogP contribution in [0.2, 0.25) is 0 Å². The van der Waals surface area contributed by atoms with Crippen molar-refractivity contribution in [1.82, 2.24) is 14.5 Å². The Kier molecular flexibility index (Phi) is 5.03. The molecule has 3 heterocycles. The van der Waals surface area contributed by atoms with Crippen molar-refractivity contribution in [2.45, 2.75) is 39.8 Å². The quantitative estimate of drug-likeness (QED) is 0.714.